The quantitative estimate of drug-likeness (QED) is 0.116. The van der Waals surface area contributed by atoms with Gasteiger partial charge < -0.3 is 25.5 Å². The number of halogens is 1. The van der Waals surface area contributed by atoms with Crippen LogP contribution in [0.3, 0.4) is 0 Å². The Labute approximate surface area is 632 Å². The Morgan fingerprint density at radius 1 is 0.398 bits per heavy atom. The van der Waals surface area contributed by atoms with E-state index in [-0.39, 0.29) is 35.2 Å². The molecular formula is C92H144BrNO9. The predicted octanol–water partition coefficient (Wildman–Crippen LogP) is 18.7. The maximum Gasteiger partial charge on any atom is 0.150 e. The SMILES string of the molecule is C=C(C)[C@H]1CC[C@H]2[C@@H]3CC(=O)[C@@H]4C[C@](C)(O)CC[C@@H]4[C@H]3CC[C@]12C.C=C(CBr)[C@H]1CC[C@H]2[C@@H]3CC(=O)[C@@H]4C[C@](C)(O)CC[C@@H]4[C@H]3CC[C@]12C.C=C(CO)[C@H]1CC[C@H]2[C@@H]3CC(=O)[C@@H]4C[C@](C)(O)CC[C@@H]4[C@H]3CC[C@]12C.C[C@@]1(O)CC[C@H]2[C@H](CC[C@@H]3[C@@H]2CC[C@]2(C)[C@@H](C(=O)CN4CCCCC4)CC[C@@H]32)C1. The lowest BCUT2D eigenvalue weighted by molar-refractivity contribution is -0.149. The van der Waals surface area contributed by atoms with Crippen molar-refractivity contribution in [1.82, 2.24) is 4.90 Å². The number of fused-ring (bicyclic) bond motifs is 20. The largest absolute Gasteiger partial charge is 0.392 e. The number of alkyl halides is 1. The monoisotopic (exact) mass is 1490 g/mol. The lowest BCUT2D eigenvalue weighted by atomic mass is 9.48. The van der Waals surface area contributed by atoms with Gasteiger partial charge >= 0.3 is 0 Å². The van der Waals surface area contributed by atoms with Crippen LogP contribution in [0.5, 0.6) is 0 Å². The van der Waals surface area contributed by atoms with E-state index >= 15 is 0 Å². The lowest BCUT2D eigenvalue weighted by Crippen LogP contribution is -2.53. The number of aliphatic hydroxyl groups is 5. The van der Waals surface area contributed by atoms with Crippen molar-refractivity contribution in [3.8, 4) is 0 Å². The van der Waals surface area contributed by atoms with E-state index in [1.165, 1.54) is 140 Å². The minimum absolute atomic E-state index is 0.0963. The number of carbonyl (C=O) groups excluding carboxylic acids is 4. The van der Waals surface area contributed by atoms with Gasteiger partial charge in [0.15, 0.2) is 0 Å². The molecule has 17 rings (SSSR count). The molecule has 0 aromatic carbocycles. The molecule has 16 aliphatic carbocycles. The van der Waals surface area contributed by atoms with Crippen molar-refractivity contribution in [2.45, 2.75) is 316 Å². The molecule has 0 radical (unpaired) electrons. The third-order valence-corrected chi connectivity index (χ3v) is 37.4. The number of aliphatic hydroxyl groups excluding tert-OH is 1. The highest BCUT2D eigenvalue weighted by Crippen LogP contribution is 2.70. The molecule has 0 unspecified atom stereocenters. The molecule has 10 nitrogen and oxygen atoms in total. The summed E-state index contributed by atoms with van der Waals surface area (Å²) in [6.45, 7) is 35.8. The van der Waals surface area contributed by atoms with Gasteiger partial charge in [-0.25, -0.2) is 0 Å². The van der Waals surface area contributed by atoms with Crippen molar-refractivity contribution in [2.75, 3.05) is 31.6 Å². The summed E-state index contributed by atoms with van der Waals surface area (Å²) in [6, 6.07) is 0. The van der Waals surface area contributed by atoms with Gasteiger partial charge in [-0.05, 0) is 399 Å². The molecule has 0 amide bonds. The zero-order valence-corrected chi connectivity index (χ0v) is 67.7. The number of allylic oxidation sites excluding steroid dienone is 2. The van der Waals surface area contributed by atoms with E-state index in [2.05, 4.69) is 82.1 Å². The highest BCUT2D eigenvalue weighted by molar-refractivity contribution is 9.09. The third-order valence-electron chi connectivity index (χ3n) is 36.7. The van der Waals surface area contributed by atoms with Crippen molar-refractivity contribution in [3.05, 3.63) is 36.5 Å². The molecule has 5 N–H and O–H groups in total. The summed E-state index contributed by atoms with van der Waals surface area (Å²) in [5.74, 6) is 15.8. The van der Waals surface area contributed by atoms with E-state index in [4.69, 9.17) is 0 Å². The summed E-state index contributed by atoms with van der Waals surface area (Å²) in [5.41, 5.74) is 2.60. The average molecular weight is 1490 g/mol. The number of Topliss-reactive ketones (excluding diaryl/α,β-unsaturated/α-hetero) is 4. The maximum atomic E-state index is 13.4. The van der Waals surface area contributed by atoms with Crippen molar-refractivity contribution in [2.24, 2.45) is 164 Å². The summed E-state index contributed by atoms with van der Waals surface area (Å²) < 4.78 is 0. The average Bonchev–Trinajstić information content (AvgIpc) is 1.69. The summed E-state index contributed by atoms with van der Waals surface area (Å²) >= 11 is 3.62. The molecule has 16 saturated carbocycles. The summed E-state index contributed by atoms with van der Waals surface area (Å²) in [4.78, 5) is 54.7. The van der Waals surface area contributed by atoms with Gasteiger partial charge in [0.05, 0.1) is 35.6 Å². The highest BCUT2D eigenvalue weighted by atomic mass is 79.9. The second kappa shape index (κ2) is 29.3. The van der Waals surface area contributed by atoms with Crippen LogP contribution in [0.25, 0.3) is 0 Å². The van der Waals surface area contributed by atoms with Crippen molar-refractivity contribution < 1.29 is 44.7 Å². The highest BCUT2D eigenvalue weighted by Gasteiger charge is 2.65. The minimum atomic E-state index is -0.649. The van der Waals surface area contributed by atoms with Crippen LogP contribution in [-0.2, 0) is 19.2 Å². The second-order valence-corrected chi connectivity index (χ2v) is 43.0. The Morgan fingerprint density at radius 2 is 0.738 bits per heavy atom. The van der Waals surface area contributed by atoms with Crippen LogP contribution in [0, 0.1) is 164 Å². The Morgan fingerprint density at radius 3 is 1.15 bits per heavy atom. The number of piperidine rings is 1. The molecule has 11 heteroatoms. The van der Waals surface area contributed by atoms with Crippen LogP contribution in [0.4, 0.5) is 0 Å². The van der Waals surface area contributed by atoms with E-state index in [0.717, 1.165) is 150 Å². The molecule has 0 aromatic rings. The molecule has 17 aliphatic rings. The van der Waals surface area contributed by atoms with Crippen LogP contribution in [-0.4, -0.2) is 108 Å². The summed E-state index contributed by atoms with van der Waals surface area (Å²) in [6.07, 6.45) is 39.9. The van der Waals surface area contributed by atoms with E-state index in [0.29, 0.717) is 142 Å². The number of ketones is 4. The van der Waals surface area contributed by atoms with Gasteiger partial charge in [0.1, 0.15) is 23.1 Å². The van der Waals surface area contributed by atoms with Gasteiger partial charge in [-0.15, -0.1) is 0 Å². The fourth-order valence-corrected chi connectivity index (χ4v) is 32.2. The van der Waals surface area contributed by atoms with Crippen LogP contribution < -0.4 is 0 Å². The zero-order valence-electron chi connectivity index (χ0n) is 66.2. The van der Waals surface area contributed by atoms with Crippen LogP contribution in [0.1, 0.15) is 293 Å². The Balaban J connectivity index is 0.000000116. The number of rotatable bonds is 8. The van der Waals surface area contributed by atoms with Crippen LogP contribution in [0.2, 0.25) is 0 Å². The van der Waals surface area contributed by atoms with Gasteiger partial charge in [-0.2, -0.15) is 0 Å². The van der Waals surface area contributed by atoms with Crippen LogP contribution >= 0.6 is 15.9 Å². The smallest absolute Gasteiger partial charge is 0.150 e. The van der Waals surface area contributed by atoms with Gasteiger partial charge in [0.2, 0.25) is 0 Å². The number of hydrogen-bond acceptors (Lipinski definition) is 10. The van der Waals surface area contributed by atoms with Crippen LogP contribution in [0.15, 0.2) is 36.5 Å². The fourth-order valence-electron chi connectivity index (χ4n) is 31.8. The van der Waals surface area contributed by atoms with Gasteiger partial charge in [-0.1, -0.05) is 80.9 Å². The third kappa shape index (κ3) is 14.4. The molecule has 578 valence electrons. The second-order valence-electron chi connectivity index (χ2n) is 42.5. The Kier molecular flexibility index (Phi) is 22.2. The standard InChI is InChI=1S/C26H43NO2.C22H33BrO2.C22H34O3.C22H34O2/c1-25(29)12-10-19-18(16-25)6-7-21-20(19)11-13-26(2)22(21)8-9-23(26)24(28)17-27-14-4-3-5-15-27;2*1-13(12-23)18-4-5-19-16-10-20(24)17-11-21(2,25)8-6-15(17)14(16)7-9-22(18,19)3;1-13(2)18-5-6-19-16-11-20(23)17-12-21(3,24)9-7-15(17)14(16)8-10-22(18,19)4/h18-23,29H,3-17H2,1-2H3;14-19,25H,1,4-12H2,2-3H3;14-19,23,25H,1,4-12H2,2-3H3;14-19,24H,1,5-12H2,2-4H3/t18-,19+,20-,21-,22+,23-,25-,26+;3*14-,15-,16-,17-,18-,19+,21-,22-/m1111/s1. The first-order valence-electron chi connectivity index (χ1n) is 43.5. The number of likely N-dealkylation sites (tertiary alicyclic amines) is 1. The maximum absolute atomic E-state index is 13.4. The first kappa shape index (κ1) is 77.9. The summed E-state index contributed by atoms with van der Waals surface area (Å²) in [7, 11) is 0. The first-order valence-corrected chi connectivity index (χ1v) is 44.7. The molecule has 32 atom stereocenters. The molecular weight excluding hydrogens is 1340 g/mol. The van der Waals surface area contributed by atoms with Crippen molar-refractivity contribution >= 4 is 39.1 Å². The zero-order chi connectivity index (χ0) is 73.5. The van der Waals surface area contributed by atoms with E-state index in [9.17, 15) is 44.7 Å². The topological polar surface area (TPSA) is 173 Å². The van der Waals surface area contributed by atoms with E-state index < -0.39 is 22.4 Å². The van der Waals surface area contributed by atoms with E-state index in [1.54, 1.807) is 0 Å². The van der Waals surface area contributed by atoms with E-state index in [1.807, 2.05) is 20.8 Å². The molecule has 1 saturated heterocycles. The predicted molar refractivity (Wildman–Crippen MR) is 415 cm³/mol. The Bertz CT molecular complexity index is 3070. The molecule has 17 fully saturated rings. The number of hydrogen-bond donors (Lipinski definition) is 5. The molecule has 1 aliphatic heterocycles. The van der Waals surface area contributed by atoms with Crippen molar-refractivity contribution in [1.29, 1.82) is 0 Å². The summed E-state index contributed by atoms with van der Waals surface area (Å²) in [5, 5.41) is 52.5. The van der Waals surface area contributed by atoms with Gasteiger partial charge in [-0.3, -0.25) is 24.1 Å². The van der Waals surface area contributed by atoms with Gasteiger partial charge in [0, 0.05) is 48.3 Å². The van der Waals surface area contributed by atoms with Gasteiger partial charge in [0.25, 0.3) is 0 Å². The lowest BCUT2D eigenvalue weighted by Gasteiger charge is -2.57. The number of carbonyl (C=O) groups is 4. The molecule has 0 bridgehead atoms. The fraction of sp³-hybridized carbons (Fsp3) is 0.891. The first-order chi connectivity index (χ1) is 48.6. The molecule has 103 heavy (non-hydrogen) atoms. The molecule has 0 spiro atoms. The normalized spacial score (nSPS) is 52.1. The Hall–Kier alpha value is -1.86. The van der Waals surface area contributed by atoms with Crippen molar-refractivity contribution in [3.63, 3.8) is 0 Å². The number of nitrogens with zero attached hydrogens (tertiary/aromatic N) is 1. The molecule has 0 aromatic heterocycles. The minimum Gasteiger partial charge on any atom is -0.392 e. The molecule has 1 heterocycles.